The fourth-order valence-electron chi connectivity index (χ4n) is 1.02. The molecule has 3 heteroatoms. The van der Waals surface area contributed by atoms with E-state index in [4.69, 9.17) is 11.0 Å². The molecule has 0 bridgehead atoms. The van der Waals surface area contributed by atoms with Crippen LogP contribution in [-0.2, 0) is 0 Å². The van der Waals surface area contributed by atoms with Crippen LogP contribution >= 0.6 is 0 Å². The minimum atomic E-state index is -0.407. The second-order valence-corrected chi connectivity index (χ2v) is 2.63. The van der Waals surface area contributed by atoms with Crippen LogP contribution in [0.25, 0.3) is 0 Å². The first-order valence-electron chi connectivity index (χ1n) is 3.60. The minimum Gasteiger partial charge on any atom is -0.324 e. The largest absolute Gasteiger partial charge is 0.324 e. The summed E-state index contributed by atoms with van der Waals surface area (Å²) in [6, 6.07) is 5.70. The number of nitrogens with zero attached hydrogens (tertiary/aromatic N) is 1. The van der Waals surface area contributed by atoms with Crippen molar-refractivity contribution in [2.75, 3.05) is 0 Å². The number of rotatable bonds is 1. The lowest BCUT2D eigenvalue weighted by molar-refractivity contribution is 0.625. The molecule has 1 aromatic rings. The van der Waals surface area contributed by atoms with E-state index in [1.807, 2.05) is 6.07 Å². The van der Waals surface area contributed by atoms with Gasteiger partial charge in [0.1, 0.15) is 5.82 Å². The number of nitriles is 1. The van der Waals surface area contributed by atoms with Crippen molar-refractivity contribution in [1.82, 2.24) is 0 Å². The van der Waals surface area contributed by atoms with Gasteiger partial charge < -0.3 is 5.73 Å². The van der Waals surface area contributed by atoms with Crippen molar-refractivity contribution in [2.45, 2.75) is 13.0 Å². The van der Waals surface area contributed by atoms with Gasteiger partial charge in [-0.25, -0.2) is 4.39 Å². The Bertz CT molecular complexity index is 326. The average molecular weight is 164 g/mol. The summed E-state index contributed by atoms with van der Waals surface area (Å²) in [7, 11) is 0. The lowest BCUT2D eigenvalue weighted by Crippen LogP contribution is -2.07. The summed E-state index contributed by atoms with van der Waals surface area (Å²) in [6.07, 6.45) is 0. The highest BCUT2D eigenvalue weighted by molar-refractivity contribution is 5.39. The van der Waals surface area contributed by atoms with Crippen LogP contribution < -0.4 is 5.73 Å². The van der Waals surface area contributed by atoms with Gasteiger partial charge >= 0.3 is 0 Å². The quantitative estimate of drug-likeness (QED) is 0.687. The van der Waals surface area contributed by atoms with Gasteiger partial charge in [-0.3, -0.25) is 0 Å². The topological polar surface area (TPSA) is 49.8 Å². The fraction of sp³-hybridized carbons (Fsp3) is 0.222. The average Bonchev–Trinajstić information content (AvgIpc) is 2.03. The Morgan fingerprint density at radius 1 is 1.58 bits per heavy atom. The first-order valence-corrected chi connectivity index (χ1v) is 3.60. The number of benzene rings is 1. The van der Waals surface area contributed by atoms with E-state index in [2.05, 4.69) is 0 Å². The zero-order valence-electron chi connectivity index (χ0n) is 6.71. The summed E-state index contributed by atoms with van der Waals surface area (Å²) in [5.74, 6) is -0.407. The molecule has 12 heavy (non-hydrogen) atoms. The molecule has 0 saturated heterocycles. The molecule has 0 saturated carbocycles. The van der Waals surface area contributed by atoms with Gasteiger partial charge in [0.25, 0.3) is 0 Å². The first kappa shape index (κ1) is 8.69. The van der Waals surface area contributed by atoms with Gasteiger partial charge in [0.15, 0.2) is 0 Å². The van der Waals surface area contributed by atoms with Crippen LogP contribution in [0.5, 0.6) is 0 Å². The Kier molecular flexibility index (Phi) is 2.41. The van der Waals surface area contributed by atoms with Gasteiger partial charge in [-0.05, 0) is 24.6 Å². The summed E-state index contributed by atoms with van der Waals surface area (Å²) in [6.45, 7) is 1.76. The van der Waals surface area contributed by atoms with Crippen molar-refractivity contribution in [1.29, 1.82) is 5.26 Å². The molecule has 2 N–H and O–H groups in total. The second kappa shape index (κ2) is 3.33. The highest BCUT2D eigenvalue weighted by Crippen LogP contribution is 2.15. The van der Waals surface area contributed by atoms with Crippen LogP contribution in [0, 0.1) is 17.1 Å². The van der Waals surface area contributed by atoms with Crippen molar-refractivity contribution in [3.63, 3.8) is 0 Å². The lowest BCUT2D eigenvalue weighted by Gasteiger charge is -2.06. The van der Waals surface area contributed by atoms with Crippen LogP contribution in [0.4, 0.5) is 4.39 Å². The van der Waals surface area contributed by atoms with Crippen LogP contribution in [-0.4, -0.2) is 0 Å². The monoisotopic (exact) mass is 164 g/mol. The Hall–Kier alpha value is -1.40. The molecule has 0 spiro atoms. The number of hydrogen-bond donors (Lipinski definition) is 1. The van der Waals surface area contributed by atoms with Crippen molar-refractivity contribution in [3.05, 3.63) is 35.1 Å². The van der Waals surface area contributed by atoms with Gasteiger partial charge in [-0.2, -0.15) is 5.26 Å². The molecule has 0 aliphatic rings. The van der Waals surface area contributed by atoms with E-state index in [1.54, 1.807) is 13.0 Å². The summed E-state index contributed by atoms with van der Waals surface area (Å²) < 4.78 is 12.6. The Labute approximate surface area is 70.4 Å². The molecule has 0 aliphatic heterocycles. The molecule has 62 valence electrons. The number of nitrogens with two attached hydrogens (primary N) is 1. The van der Waals surface area contributed by atoms with Crippen molar-refractivity contribution < 1.29 is 4.39 Å². The third-order valence-electron chi connectivity index (χ3n) is 1.63. The molecule has 1 rings (SSSR count). The molecule has 0 amide bonds. The molecule has 1 aromatic carbocycles. The normalized spacial score (nSPS) is 12.2. The number of halogens is 1. The maximum atomic E-state index is 12.6. The van der Waals surface area contributed by atoms with E-state index in [0.717, 1.165) is 0 Å². The van der Waals surface area contributed by atoms with Crippen LogP contribution in [0.3, 0.4) is 0 Å². The standard InChI is InChI=1S/C9H9FN2/c1-6(12)9-3-2-8(10)4-7(9)5-11/h2-4,6H,12H2,1H3. The lowest BCUT2D eigenvalue weighted by atomic mass is 10.0. The van der Waals surface area contributed by atoms with Crippen LogP contribution in [0.1, 0.15) is 24.1 Å². The highest BCUT2D eigenvalue weighted by atomic mass is 19.1. The van der Waals surface area contributed by atoms with E-state index >= 15 is 0 Å². The summed E-state index contributed by atoms with van der Waals surface area (Å²) >= 11 is 0. The summed E-state index contributed by atoms with van der Waals surface area (Å²) in [5, 5.41) is 8.62. The summed E-state index contributed by atoms with van der Waals surface area (Å²) in [5.41, 5.74) is 6.56. The molecular weight excluding hydrogens is 155 g/mol. The molecule has 2 nitrogen and oxygen atoms in total. The third-order valence-corrected chi connectivity index (χ3v) is 1.63. The van der Waals surface area contributed by atoms with Gasteiger partial charge in [-0.15, -0.1) is 0 Å². The Morgan fingerprint density at radius 2 is 2.25 bits per heavy atom. The van der Waals surface area contributed by atoms with Crippen molar-refractivity contribution >= 4 is 0 Å². The molecule has 1 unspecified atom stereocenters. The summed E-state index contributed by atoms with van der Waals surface area (Å²) in [4.78, 5) is 0. The maximum Gasteiger partial charge on any atom is 0.124 e. The van der Waals surface area contributed by atoms with Crippen LogP contribution in [0.15, 0.2) is 18.2 Å². The van der Waals surface area contributed by atoms with Crippen molar-refractivity contribution in [2.24, 2.45) is 5.73 Å². The zero-order valence-corrected chi connectivity index (χ0v) is 6.71. The van der Waals surface area contributed by atoms with Crippen LogP contribution in [0.2, 0.25) is 0 Å². The van der Waals surface area contributed by atoms with Crippen molar-refractivity contribution in [3.8, 4) is 6.07 Å². The molecule has 0 aliphatic carbocycles. The van der Waals surface area contributed by atoms with E-state index in [0.29, 0.717) is 11.1 Å². The molecular formula is C9H9FN2. The SMILES string of the molecule is CC(N)c1ccc(F)cc1C#N. The van der Waals surface area contributed by atoms with Gasteiger partial charge in [0.05, 0.1) is 11.6 Å². The Balaban J connectivity index is 3.23. The van der Waals surface area contributed by atoms with E-state index in [9.17, 15) is 4.39 Å². The van der Waals surface area contributed by atoms with E-state index in [-0.39, 0.29) is 6.04 Å². The zero-order chi connectivity index (χ0) is 9.14. The van der Waals surface area contributed by atoms with Gasteiger partial charge in [0.2, 0.25) is 0 Å². The fourth-order valence-corrected chi connectivity index (χ4v) is 1.02. The number of hydrogen-bond acceptors (Lipinski definition) is 2. The molecule has 1 atom stereocenters. The first-order chi connectivity index (χ1) is 5.65. The van der Waals surface area contributed by atoms with Gasteiger partial charge in [-0.1, -0.05) is 6.07 Å². The minimum absolute atomic E-state index is 0.236. The predicted molar refractivity (Wildman–Crippen MR) is 43.7 cm³/mol. The molecule has 0 radical (unpaired) electrons. The highest BCUT2D eigenvalue weighted by Gasteiger charge is 2.06. The second-order valence-electron chi connectivity index (χ2n) is 2.63. The predicted octanol–water partition coefficient (Wildman–Crippen LogP) is 1.72. The third kappa shape index (κ3) is 1.60. The molecule has 0 heterocycles. The van der Waals surface area contributed by atoms with Gasteiger partial charge in [0, 0.05) is 6.04 Å². The van der Waals surface area contributed by atoms with E-state index in [1.165, 1.54) is 12.1 Å². The Morgan fingerprint density at radius 3 is 2.75 bits per heavy atom. The smallest absolute Gasteiger partial charge is 0.124 e. The molecule has 0 aromatic heterocycles. The van der Waals surface area contributed by atoms with E-state index < -0.39 is 5.82 Å². The maximum absolute atomic E-state index is 12.6. The molecule has 0 fully saturated rings.